The lowest BCUT2D eigenvalue weighted by atomic mass is 10.1. The standard InChI is InChI=1S/C8H14O3S2/c1-2-13(10,11)4-3-7-5-12-6-8(7)9/h7H,2-6H2,1H3. The smallest absolute Gasteiger partial charge is 0.150 e. The Hall–Kier alpha value is -0.0300. The first-order valence-corrected chi connectivity index (χ1v) is 7.33. The van der Waals surface area contributed by atoms with Gasteiger partial charge >= 0.3 is 0 Å². The van der Waals surface area contributed by atoms with Gasteiger partial charge < -0.3 is 0 Å². The van der Waals surface area contributed by atoms with Crippen molar-refractivity contribution in [1.29, 1.82) is 0 Å². The van der Waals surface area contributed by atoms with Crippen molar-refractivity contribution < 1.29 is 13.2 Å². The lowest BCUT2D eigenvalue weighted by Gasteiger charge is -2.05. The van der Waals surface area contributed by atoms with E-state index in [0.29, 0.717) is 12.2 Å². The molecule has 0 bridgehead atoms. The number of carbonyl (C=O) groups is 1. The second-order valence-electron chi connectivity index (χ2n) is 3.20. The maximum atomic E-state index is 11.2. The van der Waals surface area contributed by atoms with Crippen LogP contribution in [0.25, 0.3) is 0 Å². The second kappa shape index (κ2) is 4.46. The second-order valence-corrected chi connectivity index (χ2v) is 6.71. The highest BCUT2D eigenvalue weighted by atomic mass is 32.2. The summed E-state index contributed by atoms with van der Waals surface area (Å²) < 4.78 is 22.3. The average molecular weight is 222 g/mol. The van der Waals surface area contributed by atoms with Crippen LogP contribution in [0.1, 0.15) is 13.3 Å². The fourth-order valence-electron chi connectivity index (χ4n) is 1.22. The molecule has 76 valence electrons. The summed E-state index contributed by atoms with van der Waals surface area (Å²) in [5.74, 6) is 1.93. The largest absolute Gasteiger partial charge is 0.298 e. The minimum absolute atomic E-state index is 0.00803. The van der Waals surface area contributed by atoms with Gasteiger partial charge in [-0.1, -0.05) is 6.92 Å². The minimum atomic E-state index is -2.89. The van der Waals surface area contributed by atoms with Crippen LogP contribution >= 0.6 is 11.8 Å². The molecule has 0 amide bonds. The molecule has 1 fully saturated rings. The lowest BCUT2D eigenvalue weighted by molar-refractivity contribution is -0.119. The molecule has 0 aliphatic carbocycles. The van der Waals surface area contributed by atoms with E-state index in [4.69, 9.17) is 0 Å². The van der Waals surface area contributed by atoms with Gasteiger partial charge in [0.05, 0.1) is 11.5 Å². The normalized spacial score (nSPS) is 23.8. The zero-order valence-electron chi connectivity index (χ0n) is 7.65. The fourth-order valence-corrected chi connectivity index (χ4v) is 3.35. The molecule has 1 heterocycles. The van der Waals surface area contributed by atoms with Crippen LogP contribution in [0.3, 0.4) is 0 Å². The number of hydrogen-bond acceptors (Lipinski definition) is 4. The highest BCUT2D eigenvalue weighted by molar-refractivity contribution is 8.00. The summed E-state index contributed by atoms with van der Waals surface area (Å²) in [7, 11) is -2.89. The van der Waals surface area contributed by atoms with Crippen molar-refractivity contribution >= 4 is 27.4 Å². The average Bonchev–Trinajstić information content (AvgIpc) is 2.48. The molecule has 1 unspecified atom stereocenters. The Bertz CT molecular complexity index is 282. The number of carbonyl (C=O) groups excluding carboxylic acids is 1. The predicted octanol–water partition coefficient (Wildman–Crippen LogP) is 0.743. The molecule has 5 heteroatoms. The van der Waals surface area contributed by atoms with Crippen molar-refractivity contribution in [2.45, 2.75) is 13.3 Å². The Labute approximate surface area is 83.2 Å². The Morgan fingerprint density at radius 3 is 2.69 bits per heavy atom. The van der Waals surface area contributed by atoms with Crippen LogP contribution < -0.4 is 0 Å². The number of sulfone groups is 1. The van der Waals surface area contributed by atoms with Crippen LogP contribution in [-0.4, -0.2) is 37.2 Å². The maximum absolute atomic E-state index is 11.2. The van der Waals surface area contributed by atoms with Crippen LogP contribution in [0.2, 0.25) is 0 Å². The molecule has 0 radical (unpaired) electrons. The van der Waals surface area contributed by atoms with Gasteiger partial charge in [-0.05, 0) is 6.42 Å². The summed E-state index contributed by atoms with van der Waals surface area (Å²) in [6.45, 7) is 1.64. The van der Waals surface area contributed by atoms with Crippen molar-refractivity contribution in [3.05, 3.63) is 0 Å². The topological polar surface area (TPSA) is 51.2 Å². The Kier molecular flexibility index (Phi) is 3.79. The van der Waals surface area contributed by atoms with Crippen LogP contribution in [0.4, 0.5) is 0 Å². The third-order valence-corrected chi connectivity index (χ3v) is 5.10. The van der Waals surface area contributed by atoms with E-state index < -0.39 is 9.84 Å². The third-order valence-electron chi connectivity index (χ3n) is 2.24. The number of ketones is 1. The molecular formula is C8H14O3S2. The van der Waals surface area contributed by atoms with Gasteiger partial charge in [0, 0.05) is 17.4 Å². The quantitative estimate of drug-likeness (QED) is 0.704. The molecule has 0 saturated carbocycles. The zero-order chi connectivity index (χ0) is 9.90. The summed E-state index contributed by atoms with van der Waals surface area (Å²) in [6.07, 6.45) is 0.516. The molecule has 3 nitrogen and oxygen atoms in total. The molecule has 1 aliphatic heterocycles. The van der Waals surface area contributed by atoms with Gasteiger partial charge in [-0.3, -0.25) is 4.79 Å². The molecule has 1 aliphatic rings. The Morgan fingerprint density at radius 2 is 2.23 bits per heavy atom. The Morgan fingerprint density at radius 1 is 1.54 bits per heavy atom. The van der Waals surface area contributed by atoms with Crippen molar-refractivity contribution in [3.63, 3.8) is 0 Å². The van der Waals surface area contributed by atoms with Crippen molar-refractivity contribution in [2.24, 2.45) is 5.92 Å². The van der Waals surface area contributed by atoms with E-state index >= 15 is 0 Å². The molecule has 13 heavy (non-hydrogen) atoms. The van der Waals surface area contributed by atoms with Gasteiger partial charge in [0.25, 0.3) is 0 Å². The van der Waals surface area contributed by atoms with Gasteiger partial charge in [-0.25, -0.2) is 8.42 Å². The van der Waals surface area contributed by atoms with Crippen LogP contribution in [-0.2, 0) is 14.6 Å². The minimum Gasteiger partial charge on any atom is -0.298 e. The molecule has 0 N–H and O–H groups in total. The lowest BCUT2D eigenvalue weighted by Crippen LogP contribution is -2.17. The number of rotatable bonds is 4. The number of hydrogen-bond donors (Lipinski definition) is 0. The van der Waals surface area contributed by atoms with Gasteiger partial charge in [0.1, 0.15) is 15.6 Å². The SMILES string of the molecule is CCS(=O)(=O)CCC1CSCC1=O. The highest BCUT2D eigenvalue weighted by Gasteiger charge is 2.25. The molecular weight excluding hydrogens is 208 g/mol. The van der Waals surface area contributed by atoms with E-state index in [1.807, 2.05) is 0 Å². The van der Waals surface area contributed by atoms with Gasteiger partial charge in [-0.2, -0.15) is 11.8 Å². The molecule has 0 aromatic carbocycles. The summed E-state index contributed by atoms with van der Waals surface area (Å²) in [5.41, 5.74) is 0. The monoisotopic (exact) mass is 222 g/mol. The third kappa shape index (κ3) is 3.31. The molecule has 0 spiro atoms. The van der Waals surface area contributed by atoms with Crippen LogP contribution in [0, 0.1) is 5.92 Å². The van der Waals surface area contributed by atoms with E-state index in [9.17, 15) is 13.2 Å². The summed E-state index contributed by atoms with van der Waals surface area (Å²) in [6, 6.07) is 0. The molecule has 1 saturated heterocycles. The highest BCUT2D eigenvalue weighted by Crippen LogP contribution is 2.23. The van der Waals surface area contributed by atoms with Crippen molar-refractivity contribution in [1.82, 2.24) is 0 Å². The first-order valence-electron chi connectivity index (χ1n) is 4.36. The van der Waals surface area contributed by atoms with Crippen LogP contribution in [0.5, 0.6) is 0 Å². The van der Waals surface area contributed by atoms with Gasteiger partial charge in [0.2, 0.25) is 0 Å². The summed E-state index contributed by atoms with van der Waals surface area (Å²) in [4.78, 5) is 11.2. The molecule has 0 aromatic heterocycles. The first kappa shape index (κ1) is 11.0. The predicted molar refractivity (Wildman–Crippen MR) is 54.8 cm³/mol. The summed E-state index contributed by atoms with van der Waals surface area (Å²) in [5, 5.41) is 0. The zero-order valence-corrected chi connectivity index (χ0v) is 9.29. The molecule has 1 atom stereocenters. The van der Waals surface area contributed by atoms with Gasteiger partial charge in [-0.15, -0.1) is 0 Å². The van der Waals surface area contributed by atoms with Crippen LogP contribution in [0.15, 0.2) is 0 Å². The van der Waals surface area contributed by atoms with E-state index in [0.717, 1.165) is 5.75 Å². The van der Waals surface area contributed by atoms with Crippen molar-refractivity contribution in [3.8, 4) is 0 Å². The van der Waals surface area contributed by atoms with E-state index in [1.54, 1.807) is 18.7 Å². The van der Waals surface area contributed by atoms with Gasteiger partial charge in [0.15, 0.2) is 0 Å². The Balaban J connectivity index is 2.38. The summed E-state index contributed by atoms with van der Waals surface area (Å²) >= 11 is 1.60. The number of thioether (sulfide) groups is 1. The fraction of sp³-hybridized carbons (Fsp3) is 0.875. The van der Waals surface area contributed by atoms with E-state index in [1.165, 1.54) is 0 Å². The molecule has 1 rings (SSSR count). The van der Waals surface area contributed by atoms with Crippen molar-refractivity contribution in [2.75, 3.05) is 23.0 Å². The molecule has 0 aromatic rings. The first-order chi connectivity index (χ1) is 6.05. The van der Waals surface area contributed by atoms with E-state index in [2.05, 4.69) is 0 Å². The number of Topliss-reactive ketones (excluding diaryl/α,β-unsaturated/α-hetero) is 1. The maximum Gasteiger partial charge on any atom is 0.150 e. The van der Waals surface area contributed by atoms with E-state index in [-0.39, 0.29) is 23.2 Å².